The van der Waals surface area contributed by atoms with E-state index in [1.807, 2.05) is 0 Å². The van der Waals surface area contributed by atoms with Crippen LogP contribution in [-0.2, 0) is 16.0 Å². The first-order valence-electron chi connectivity index (χ1n) is 10.9. The van der Waals surface area contributed by atoms with Crippen LogP contribution in [0.1, 0.15) is 31.2 Å². The molecule has 0 radical (unpaired) electrons. The zero-order valence-corrected chi connectivity index (χ0v) is 20.6. The summed E-state index contributed by atoms with van der Waals surface area (Å²) in [7, 11) is 1.75. The van der Waals surface area contributed by atoms with E-state index in [1.54, 1.807) is 7.05 Å². The number of ether oxygens (including phenoxy) is 2. The molecule has 2 aliphatic rings. The van der Waals surface area contributed by atoms with Gasteiger partial charge in [-0.2, -0.15) is 0 Å². The number of hydrogen-bond donors (Lipinski definition) is 2. The minimum atomic E-state index is -0.481. The van der Waals surface area contributed by atoms with Crippen LogP contribution < -0.4 is 10.6 Å². The number of hydrogen-bond acceptors (Lipinski definition) is 4. The van der Waals surface area contributed by atoms with Crippen molar-refractivity contribution in [2.24, 2.45) is 10.9 Å². The van der Waals surface area contributed by atoms with Crippen LogP contribution in [-0.4, -0.2) is 70.0 Å². The highest BCUT2D eigenvalue weighted by molar-refractivity contribution is 14.0. The van der Waals surface area contributed by atoms with E-state index in [1.165, 1.54) is 18.2 Å². The molecule has 2 heterocycles. The summed E-state index contributed by atoms with van der Waals surface area (Å²) in [6.45, 7) is 5.77. The summed E-state index contributed by atoms with van der Waals surface area (Å²) in [6, 6.07) is 4.22. The summed E-state index contributed by atoms with van der Waals surface area (Å²) < 4.78 is 39.0. The molecule has 3 rings (SSSR count). The highest BCUT2D eigenvalue weighted by Gasteiger charge is 2.22. The molecule has 31 heavy (non-hydrogen) atoms. The van der Waals surface area contributed by atoms with Gasteiger partial charge in [0, 0.05) is 57.4 Å². The van der Waals surface area contributed by atoms with Crippen LogP contribution in [0.2, 0.25) is 0 Å². The zero-order chi connectivity index (χ0) is 21.2. The number of nitrogens with zero attached hydrogens (tertiary/aromatic N) is 2. The van der Waals surface area contributed by atoms with Crippen molar-refractivity contribution in [2.75, 3.05) is 53.1 Å². The predicted molar refractivity (Wildman–Crippen MR) is 129 cm³/mol. The van der Waals surface area contributed by atoms with Gasteiger partial charge < -0.3 is 20.1 Å². The van der Waals surface area contributed by atoms with E-state index in [2.05, 4.69) is 20.5 Å². The van der Waals surface area contributed by atoms with Crippen LogP contribution >= 0.6 is 24.0 Å². The van der Waals surface area contributed by atoms with Crippen molar-refractivity contribution in [2.45, 2.75) is 38.3 Å². The Balaban J connectivity index is 0.00000341. The Morgan fingerprint density at radius 3 is 2.81 bits per heavy atom. The van der Waals surface area contributed by atoms with Crippen molar-refractivity contribution in [1.29, 1.82) is 0 Å². The van der Waals surface area contributed by atoms with Gasteiger partial charge in [-0.1, -0.05) is 6.07 Å². The molecule has 176 valence electrons. The third-order valence-corrected chi connectivity index (χ3v) is 5.65. The van der Waals surface area contributed by atoms with Gasteiger partial charge >= 0.3 is 0 Å². The molecular weight excluding hydrogens is 517 g/mol. The lowest BCUT2D eigenvalue weighted by Crippen LogP contribution is -2.51. The molecule has 1 aromatic carbocycles. The van der Waals surface area contributed by atoms with E-state index < -0.39 is 11.6 Å². The van der Waals surface area contributed by atoms with E-state index >= 15 is 0 Å². The molecule has 2 fully saturated rings. The fraction of sp³-hybridized carbons (Fsp3) is 0.682. The number of rotatable bonds is 9. The smallest absolute Gasteiger partial charge is 0.191 e. The van der Waals surface area contributed by atoms with Gasteiger partial charge in [0.1, 0.15) is 11.6 Å². The molecule has 0 saturated carbocycles. The number of piperidine rings is 1. The third-order valence-electron chi connectivity index (χ3n) is 5.65. The van der Waals surface area contributed by atoms with E-state index in [0.717, 1.165) is 71.1 Å². The molecule has 9 heteroatoms. The maximum absolute atomic E-state index is 14.0. The summed E-state index contributed by atoms with van der Waals surface area (Å²) in [4.78, 5) is 6.39. The third kappa shape index (κ3) is 8.78. The topological polar surface area (TPSA) is 58.1 Å². The van der Waals surface area contributed by atoms with E-state index in [9.17, 15) is 8.78 Å². The first kappa shape index (κ1) is 26.2. The fourth-order valence-corrected chi connectivity index (χ4v) is 3.96. The molecule has 2 aliphatic heterocycles. The maximum Gasteiger partial charge on any atom is 0.191 e. The van der Waals surface area contributed by atoms with Crippen molar-refractivity contribution in [3.8, 4) is 0 Å². The van der Waals surface area contributed by atoms with Gasteiger partial charge in [-0.05, 0) is 44.4 Å². The lowest BCUT2D eigenvalue weighted by molar-refractivity contribution is 0.0888. The van der Waals surface area contributed by atoms with Gasteiger partial charge in [0.05, 0.1) is 13.2 Å². The minimum Gasteiger partial charge on any atom is -0.381 e. The Morgan fingerprint density at radius 2 is 2.10 bits per heavy atom. The second-order valence-electron chi connectivity index (χ2n) is 8.08. The first-order valence-corrected chi connectivity index (χ1v) is 10.9. The predicted octanol–water partition coefficient (Wildman–Crippen LogP) is 3.16. The van der Waals surface area contributed by atoms with Gasteiger partial charge in [0.2, 0.25) is 0 Å². The molecule has 2 N–H and O–H groups in total. The van der Waals surface area contributed by atoms with Gasteiger partial charge in [-0.3, -0.25) is 9.89 Å². The largest absolute Gasteiger partial charge is 0.381 e. The van der Waals surface area contributed by atoms with Crippen LogP contribution in [0.4, 0.5) is 8.78 Å². The SMILES string of the molecule is CN=C(NCCCOCC1CCOC1)NC1CCCN(Cc2c(F)cccc2F)C1.I. The number of guanidine groups is 1. The van der Waals surface area contributed by atoms with Gasteiger partial charge in [-0.25, -0.2) is 8.78 Å². The summed E-state index contributed by atoms with van der Waals surface area (Å²) in [6.07, 6.45) is 3.97. The summed E-state index contributed by atoms with van der Waals surface area (Å²) in [5.41, 5.74) is 0.143. The summed E-state index contributed by atoms with van der Waals surface area (Å²) in [5.74, 6) is 0.332. The minimum absolute atomic E-state index is 0. The molecule has 1 aromatic rings. The molecule has 0 aromatic heterocycles. The second-order valence-corrected chi connectivity index (χ2v) is 8.08. The molecular formula is C22H35F2IN4O2. The normalized spacial score (nSPS) is 22.2. The Kier molecular flexibility index (Phi) is 12.0. The second kappa shape index (κ2) is 14.2. The number of aliphatic imine (C=N–C) groups is 1. The zero-order valence-electron chi connectivity index (χ0n) is 18.2. The van der Waals surface area contributed by atoms with Crippen molar-refractivity contribution in [1.82, 2.24) is 15.5 Å². The van der Waals surface area contributed by atoms with Crippen LogP contribution in [0.5, 0.6) is 0 Å². The summed E-state index contributed by atoms with van der Waals surface area (Å²) >= 11 is 0. The molecule has 6 nitrogen and oxygen atoms in total. The number of benzene rings is 1. The highest BCUT2D eigenvalue weighted by Crippen LogP contribution is 2.18. The number of halogens is 3. The monoisotopic (exact) mass is 552 g/mol. The fourth-order valence-electron chi connectivity index (χ4n) is 3.96. The lowest BCUT2D eigenvalue weighted by atomic mass is 10.0. The van der Waals surface area contributed by atoms with Gasteiger partial charge in [0.15, 0.2) is 5.96 Å². The van der Waals surface area contributed by atoms with Crippen LogP contribution in [0.3, 0.4) is 0 Å². The van der Waals surface area contributed by atoms with Crippen molar-refractivity contribution < 1.29 is 18.3 Å². The van der Waals surface area contributed by atoms with Crippen LogP contribution in [0.15, 0.2) is 23.2 Å². The first-order chi connectivity index (χ1) is 14.7. The average Bonchev–Trinajstić information content (AvgIpc) is 3.26. The maximum atomic E-state index is 14.0. The Hall–Kier alpha value is -1.04. The van der Waals surface area contributed by atoms with Crippen LogP contribution in [0, 0.1) is 17.6 Å². The van der Waals surface area contributed by atoms with E-state index in [4.69, 9.17) is 9.47 Å². The van der Waals surface area contributed by atoms with E-state index in [-0.39, 0.29) is 42.1 Å². The van der Waals surface area contributed by atoms with Crippen molar-refractivity contribution in [3.63, 3.8) is 0 Å². The Morgan fingerprint density at radius 1 is 1.29 bits per heavy atom. The molecule has 0 aliphatic carbocycles. The van der Waals surface area contributed by atoms with Gasteiger partial charge in [0.25, 0.3) is 0 Å². The molecule has 2 saturated heterocycles. The summed E-state index contributed by atoms with van der Waals surface area (Å²) in [5, 5.41) is 6.76. The quantitative estimate of drug-likeness (QED) is 0.214. The standard InChI is InChI=1S/C22H34F2N4O2.HI/c1-25-22(26-9-4-11-29-15-17-8-12-30-16-17)27-18-5-3-10-28(13-18)14-19-20(23)6-2-7-21(19)24;/h2,6-7,17-18H,3-5,8-16H2,1H3,(H2,25,26,27);1H. The molecule has 2 unspecified atom stereocenters. The molecule has 0 bridgehead atoms. The molecule has 0 amide bonds. The Labute approximate surface area is 201 Å². The molecule has 0 spiro atoms. The average molecular weight is 552 g/mol. The highest BCUT2D eigenvalue weighted by atomic mass is 127. The van der Waals surface area contributed by atoms with E-state index in [0.29, 0.717) is 12.5 Å². The van der Waals surface area contributed by atoms with Gasteiger partial charge in [-0.15, -0.1) is 24.0 Å². The van der Waals surface area contributed by atoms with Crippen molar-refractivity contribution in [3.05, 3.63) is 35.4 Å². The Bertz CT molecular complexity index is 669. The lowest BCUT2D eigenvalue weighted by Gasteiger charge is -2.34. The molecule has 2 atom stereocenters. The number of nitrogens with one attached hydrogen (secondary N) is 2. The van der Waals surface area contributed by atoms with Crippen LogP contribution in [0.25, 0.3) is 0 Å². The van der Waals surface area contributed by atoms with Crippen molar-refractivity contribution >= 4 is 29.9 Å². The number of likely N-dealkylation sites (tertiary alicyclic amines) is 1.